The Balaban J connectivity index is 1.96. The molecule has 2 unspecified atom stereocenters. The zero-order valence-electron chi connectivity index (χ0n) is 13.6. The molecule has 1 saturated heterocycles. The molecule has 0 spiro atoms. The zero-order chi connectivity index (χ0) is 17.8. The van der Waals surface area contributed by atoms with Crippen molar-refractivity contribution in [2.75, 3.05) is 13.1 Å². The van der Waals surface area contributed by atoms with E-state index in [9.17, 15) is 13.6 Å². The number of amides is 1. The summed E-state index contributed by atoms with van der Waals surface area (Å²) < 4.78 is 28.0. The highest BCUT2D eigenvalue weighted by molar-refractivity contribution is 6.31. The van der Waals surface area contributed by atoms with Crippen LogP contribution in [0.2, 0.25) is 5.02 Å². The smallest absolute Gasteiger partial charge is 0.225 e. The summed E-state index contributed by atoms with van der Waals surface area (Å²) >= 11 is 6.25. The van der Waals surface area contributed by atoms with Gasteiger partial charge < -0.3 is 10.6 Å². The van der Waals surface area contributed by atoms with Crippen LogP contribution in [0.1, 0.15) is 30.0 Å². The number of benzene rings is 2. The number of rotatable bonds is 4. The van der Waals surface area contributed by atoms with Crippen LogP contribution in [-0.2, 0) is 4.79 Å². The molecule has 0 bridgehead atoms. The SMILES string of the molecule is O=C(NC(c1cc(F)ccc1F)c1ccccc1Cl)C1CCCNC1. The van der Waals surface area contributed by atoms with E-state index < -0.39 is 17.7 Å². The summed E-state index contributed by atoms with van der Waals surface area (Å²) in [6.45, 7) is 1.46. The molecule has 3 nitrogen and oxygen atoms in total. The van der Waals surface area contributed by atoms with Gasteiger partial charge in [0.2, 0.25) is 5.91 Å². The van der Waals surface area contributed by atoms with Crippen molar-refractivity contribution in [3.8, 4) is 0 Å². The normalized spacial score (nSPS) is 18.6. The first-order valence-electron chi connectivity index (χ1n) is 8.26. The van der Waals surface area contributed by atoms with Crippen molar-refractivity contribution in [3.05, 3.63) is 70.2 Å². The zero-order valence-corrected chi connectivity index (χ0v) is 14.3. The summed E-state index contributed by atoms with van der Waals surface area (Å²) in [5.74, 6) is -1.55. The van der Waals surface area contributed by atoms with Crippen LogP contribution < -0.4 is 10.6 Å². The van der Waals surface area contributed by atoms with Crippen LogP contribution in [0.4, 0.5) is 8.78 Å². The molecule has 0 radical (unpaired) electrons. The predicted octanol–water partition coefficient (Wildman–Crippen LogP) is 3.82. The maximum atomic E-state index is 14.4. The van der Waals surface area contributed by atoms with Gasteiger partial charge >= 0.3 is 0 Å². The molecule has 1 amide bonds. The molecule has 6 heteroatoms. The van der Waals surface area contributed by atoms with E-state index >= 15 is 0 Å². The molecule has 0 aliphatic carbocycles. The molecule has 2 atom stereocenters. The first-order chi connectivity index (χ1) is 12.1. The van der Waals surface area contributed by atoms with Gasteiger partial charge in [-0.25, -0.2) is 8.78 Å². The van der Waals surface area contributed by atoms with Gasteiger partial charge in [-0.15, -0.1) is 0 Å². The second-order valence-corrected chi connectivity index (χ2v) is 6.58. The summed E-state index contributed by atoms with van der Waals surface area (Å²) in [6.07, 6.45) is 1.67. The Morgan fingerprint density at radius 3 is 2.72 bits per heavy atom. The third-order valence-electron chi connectivity index (χ3n) is 4.44. The van der Waals surface area contributed by atoms with E-state index in [1.807, 2.05) is 0 Å². The molecule has 2 aromatic rings. The quantitative estimate of drug-likeness (QED) is 0.865. The summed E-state index contributed by atoms with van der Waals surface area (Å²) in [4.78, 5) is 12.7. The average Bonchev–Trinajstić information content (AvgIpc) is 2.63. The first kappa shape index (κ1) is 17.8. The van der Waals surface area contributed by atoms with Crippen molar-refractivity contribution in [1.29, 1.82) is 0 Å². The van der Waals surface area contributed by atoms with Gasteiger partial charge in [0.15, 0.2) is 0 Å². The van der Waals surface area contributed by atoms with E-state index in [0.717, 1.165) is 37.6 Å². The van der Waals surface area contributed by atoms with E-state index in [-0.39, 0.29) is 17.4 Å². The minimum absolute atomic E-state index is 0.0604. The van der Waals surface area contributed by atoms with Gasteiger partial charge in [-0.3, -0.25) is 4.79 Å². The van der Waals surface area contributed by atoms with E-state index in [0.29, 0.717) is 17.1 Å². The Kier molecular flexibility index (Phi) is 5.66. The monoisotopic (exact) mass is 364 g/mol. The number of hydrogen-bond acceptors (Lipinski definition) is 2. The van der Waals surface area contributed by atoms with Gasteiger partial charge in [-0.1, -0.05) is 29.8 Å². The largest absolute Gasteiger partial charge is 0.345 e. The van der Waals surface area contributed by atoms with Crippen molar-refractivity contribution in [1.82, 2.24) is 10.6 Å². The van der Waals surface area contributed by atoms with Gasteiger partial charge in [0.25, 0.3) is 0 Å². The molecule has 2 aromatic carbocycles. The average molecular weight is 365 g/mol. The Bertz CT molecular complexity index is 763. The minimum atomic E-state index is -0.848. The van der Waals surface area contributed by atoms with Gasteiger partial charge in [0.05, 0.1) is 12.0 Å². The lowest BCUT2D eigenvalue weighted by Crippen LogP contribution is -2.42. The Morgan fingerprint density at radius 1 is 1.20 bits per heavy atom. The highest BCUT2D eigenvalue weighted by Gasteiger charge is 2.27. The van der Waals surface area contributed by atoms with E-state index in [2.05, 4.69) is 10.6 Å². The maximum Gasteiger partial charge on any atom is 0.225 e. The predicted molar refractivity (Wildman–Crippen MR) is 93.4 cm³/mol. The molecule has 2 N–H and O–H groups in total. The number of halogens is 3. The van der Waals surface area contributed by atoms with Crippen molar-refractivity contribution in [3.63, 3.8) is 0 Å². The number of carbonyl (C=O) groups is 1. The molecule has 3 rings (SSSR count). The van der Waals surface area contributed by atoms with Gasteiger partial charge in [0, 0.05) is 17.1 Å². The summed E-state index contributed by atoms with van der Waals surface area (Å²) in [6, 6.07) is 9.23. The third kappa shape index (κ3) is 4.17. The third-order valence-corrected chi connectivity index (χ3v) is 4.78. The molecule has 1 fully saturated rings. The second-order valence-electron chi connectivity index (χ2n) is 6.17. The molecule has 1 aliphatic rings. The van der Waals surface area contributed by atoms with Crippen molar-refractivity contribution < 1.29 is 13.6 Å². The maximum absolute atomic E-state index is 14.4. The summed E-state index contributed by atoms with van der Waals surface area (Å²) in [7, 11) is 0. The van der Waals surface area contributed by atoms with Crippen LogP contribution in [0.5, 0.6) is 0 Å². The van der Waals surface area contributed by atoms with Crippen molar-refractivity contribution in [2.45, 2.75) is 18.9 Å². The number of nitrogens with one attached hydrogen (secondary N) is 2. The van der Waals surface area contributed by atoms with Crippen LogP contribution in [0.15, 0.2) is 42.5 Å². The first-order valence-corrected chi connectivity index (χ1v) is 8.64. The number of hydrogen-bond donors (Lipinski definition) is 2. The Labute approximate surface area is 150 Å². The fraction of sp³-hybridized carbons (Fsp3) is 0.316. The molecule has 132 valence electrons. The van der Waals surface area contributed by atoms with Crippen molar-refractivity contribution in [2.24, 2.45) is 5.92 Å². The minimum Gasteiger partial charge on any atom is -0.345 e. The van der Waals surface area contributed by atoms with E-state index in [4.69, 9.17) is 11.6 Å². The fourth-order valence-corrected chi connectivity index (χ4v) is 3.35. The van der Waals surface area contributed by atoms with Gasteiger partial charge in [0.1, 0.15) is 11.6 Å². The molecular formula is C19H19ClF2N2O. The number of carbonyl (C=O) groups excluding carboxylic acids is 1. The van der Waals surface area contributed by atoms with Crippen LogP contribution in [-0.4, -0.2) is 19.0 Å². The van der Waals surface area contributed by atoms with Crippen LogP contribution >= 0.6 is 11.6 Å². The Hall–Kier alpha value is -1.98. The lowest BCUT2D eigenvalue weighted by atomic mass is 9.94. The molecule has 1 heterocycles. The Morgan fingerprint density at radius 2 is 2.00 bits per heavy atom. The molecule has 0 saturated carbocycles. The topological polar surface area (TPSA) is 41.1 Å². The second kappa shape index (κ2) is 7.93. The molecular weight excluding hydrogens is 346 g/mol. The summed E-state index contributed by atoms with van der Waals surface area (Å²) in [5.41, 5.74) is 0.594. The van der Waals surface area contributed by atoms with E-state index in [1.54, 1.807) is 24.3 Å². The molecule has 0 aromatic heterocycles. The standard InChI is InChI=1S/C19H19ClF2N2O/c20-16-6-2-1-5-14(16)18(15-10-13(21)7-8-17(15)22)24-19(25)12-4-3-9-23-11-12/h1-2,5-8,10,12,18,23H,3-4,9,11H2,(H,24,25). The van der Waals surface area contributed by atoms with E-state index in [1.165, 1.54) is 0 Å². The number of piperidine rings is 1. The highest BCUT2D eigenvalue weighted by Crippen LogP contribution is 2.31. The van der Waals surface area contributed by atoms with Crippen LogP contribution in [0, 0.1) is 17.6 Å². The lowest BCUT2D eigenvalue weighted by Gasteiger charge is -2.26. The highest BCUT2D eigenvalue weighted by atomic mass is 35.5. The summed E-state index contributed by atoms with van der Waals surface area (Å²) in [5, 5.41) is 6.42. The lowest BCUT2D eigenvalue weighted by molar-refractivity contribution is -0.126. The van der Waals surface area contributed by atoms with Crippen molar-refractivity contribution >= 4 is 17.5 Å². The molecule has 25 heavy (non-hydrogen) atoms. The van der Waals surface area contributed by atoms with Gasteiger partial charge in [-0.05, 0) is 49.2 Å². The van der Waals surface area contributed by atoms with Gasteiger partial charge in [-0.2, -0.15) is 0 Å². The fourth-order valence-electron chi connectivity index (χ4n) is 3.10. The van der Waals surface area contributed by atoms with Crippen LogP contribution in [0.3, 0.4) is 0 Å². The molecule has 1 aliphatic heterocycles. The van der Waals surface area contributed by atoms with Crippen LogP contribution in [0.25, 0.3) is 0 Å².